The number of piperazine rings is 1. The van der Waals surface area contributed by atoms with Gasteiger partial charge in [-0.2, -0.15) is 0 Å². The highest BCUT2D eigenvalue weighted by molar-refractivity contribution is 7.84. The average Bonchev–Trinajstić information content (AvgIpc) is 3.24. The van der Waals surface area contributed by atoms with Crippen LogP contribution in [0.2, 0.25) is 5.02 Å². The number of benzene rings is 2. The monoisotopic (exact) mass is 531 g/mol. The summed E-state index contributed by atoms with van der Waals surface area (Å²) in [6.07, 6.45) is 0. The Balaban J connectivity index is 1.34. The molecular formula is C26H30ClN3O5S. The molecule has 36 heavy (non-hydrogen) atoms. The van der Waals surface area contributed by atoms with E-state index < -0.39 is 10.8 Å². The fourth-order valence-electron chi connectivity index (χ4n) is 4.21. The number of carbonyl (C=O) groups is 1. The number of aromatic nitrogens is 1. The standard InChI is InChI=1S/C26H30ClN3O5S/c1-17-5-7-20(27)14-22(17)29-9-11-30(12-10-29)25(31)16-36(32)15-21-18(2)35-26(28-21)19-6-8-23(33-3)24(13-19)34-4/h5-8,13-14H,9-12,15-16H2,1-4H3. The molecule has 1 aromatic heterocycles. The second-order valence-corrected chi connectivity index (χ2v) is 10.5. The predicted octanol–water partition coefficient (Wildman–Crippen LogP) is 4.23. The summed E-state index contributed by atoms with van der Waals surface area (Å²) < 4.78 is 29.3. The normalized spacial score (nSPS) is 14.6. The third-order valence-corrected chi connectivity index (χ3v) is 7.65. The molecule has 0 bridgehead atoms. The van der Waals surface area contributed by atoms with Gasteiger partial charge in [-0.15, -0.1) is 0 Å². The number of amides is 1. The summed E-state index contributed by atoms with van der Waals surface area (Å²) in [4.78, 5) is 21.4. The van der Waals surface area contributed by atoms with Gasteiger partial charge in [-0.3, -0.25) is 9.00 Å². The van der Waals surface area contributed by atoms with Crippen molar-refractivity contribution in [2.45, 2.75) is 19.6 Å². The van der Waals surface area contributed by atoms with Gasteiger partial charge in [-0.05, 0) is 49.7 Å². The van der Waals surface area contributed by atoms with Crippen LogP contribution in [0.1, 0.15) is 17.0 Å². The minimum Gasteiger partial charge on any atom is -0.493 e. The van der Waals surface area contributed by atoms with E-state index in [9.17, 15) is 9.00 Å². The molecule has 3 aromatic rings. The predicted molar refractivity (Wildman–Crippen MR) is 141 cm³/mol. The third-order valence-electron chi connectivity index (χ3n) is 6.25. The number of hydrogen-bond donors (Lipinski definition) is 0. The van der Waals surface area contributed by atoms with Crippen LogP contribution in [-0.4, -0.2) is 66.2 Å². The quantitative estimate of drug-likeness (QED) is 0.430. The number of halogens is 1. The fraction of sp³-hybridized carbons (Fsp3) is 0.385. The molecule has 1 saturated heterocycles. The van der Waals surface area contributed by atoms with Crippen molar-refractivity contribution < 1.29 is 22.9 Å². The van der Waals surface area contributed by atoms with Crippen LogP contribution in [0.3, 0.4) is 0 Å². The highest BCUT2D eigenvalue weighted by Gasteiger charge is 2.24. The van der Waals surface area contributed by atoms with Crippen LogP contribution >= 0.6 is 11.6 Å². The number of ether oxygens (including phenoxy) is 2. The maximum atomic E-state index is 12.8. The van der Waals surface area contributed by atoms with Gasteiger partial charge < -0.3 is 23.7 Å². The minimum absolute atomic E-state index is 0.0474. The number of methoxy groups -OCH3 is 2. The lowest BCUT2D eigenvalue weighted by Crippen LogP contribution is -2.50. The summed E-state index contributed by atoms with van der Waals surface area (Å²) >= 11 is 6.16. The zero-order valence-electron chi connectivity index (χ0n) is 20.9. The average molecular weight is 532 g/mol. The second kappa shape index (κ2) is 11.3. The van der Waals surface area contributed by atoms with Crippen LogP contribution in [0.4, 0.5) is 5.69 Å². The van der Waals surface area contributed by atoms with Gasteiger partial charge in [0.2, 0.25) is 11.8 Å². The van der Waals surface area contributed by atoms with Crippen molar-refractivity contribution in [3.63, 3.8) is 0 Å². The molecule has 0 radical (unpaired) electrons. The lowest BCUT2D eigenvalue weighted by atomic mass is 10.1. The Hall–Kier alpha value is -3.04. The first-order valence-corrected chi connectivity index (χ1v) is 13.5. The van der Waals surface area contributed by atoms with Crippen LogP contribution < -0.4 is 14.4 Å². The summed E-state index contributed by atoms with van der Waals surface area (Å²) in [5, 5.41) is 0.696. The van der Waals surface area contributed by atoms with E-state index in [4.69, 9.17) is 25.5 Å². The molecule has 2 heterocycles. The van der Waals surface area contributed by atoms with E-state index in [1.54, 1.807) is 38.2 Å². The summed E-state index contributed by atoms with van der Waals surface area (Å²) in [5.74, 6) is 2.13. The van der Waals surface area contributed by atoms with Gasteiger partial charge >= 0.3 is 0 Å². The summed E-state index contributed by atoms with van der Waals surface area (Å²) in [5.41, 5.74) is 3.53. The van der Waals surface area contributed by atoms with Crippen molar-refractivity contribution in [3.05, 3.63) is 58.4 Å². The Bertz CT molecular complexity index is 1270. The molecule has 2 aromatic carbocycles. The molecule has 0 N–H and O–H groups in total. The van der Waals surface area contributed by atoms with Gasteiger partial charge in [0.15, 0.2) is 11.5 Å². The lowest BCUT2D eigenvalue weighted by molar-refractivity contribution is -0.128. The topological polar surface area (TPSA) is 85.1 Å². The van der Waals surface area contributed by atoms with Gasteiger partial charge in [-0.25, -0.2) is 4.98 Å². The lowest BCUT2D eigenvalue weighted by Gasteiger charge is -2.36. The van der Waals surface area contributed by atoms with E-state index in [2.05, 4.69) is 16.8 Å². The van der Waals surface area contributed by atoms with Crippen LogP contribution in [0.5, 0.6) is 11.5 Å². The molecule has 192 valence electrons. The maximum Gasteiger partial charge on any atom is 0.235 e. The smallest absolute Gasteiger partial charge is 0.235 e. The van der Waals surface area contributed by atoms with Gasteiger partial charge in [0.05, 0.1) is 25.7 Å². The van der Waals surface area contributed by atoms with E-state index in [1.165, 1.54) is 0 Å². The van der Waals surface area contributed by atoms with Crippen molar-refractivity contribution in [2.24, 2.45) is 0 Å². The van der Waals surface area contributed by atoms with Crippen molar-refractivity contribution in [1.29, 1.82) is 0 Å². The van der Waals surface area contributed by atoms with Gasteiger partial charge in [0.25, 0.3) is 0 Å². The zero-order chi connectivity index (χ0) is 25.8. The molecule has 1 unspecified atom stereocenters. The molecule has 1 amide bonds. The Kier molecular flexibility index (Phi) is 8.21. The molecule has 8 nitrogen and oxygen atoms in total. The number of hydrogen-bond acceptors (Lipinski definition) is 7. The molecule has 1 atom stereocenters. The Morgan fingerprint density at radius 2 is 1.78 bits per heavy atom. The first-order valence-electron chi connectivity index (χ1n) is 11.6. The van der Waals surface area contributed by atoms with Gasteiger partial charge in [0.1, 0.15) is 11.5 Å². The molecule has 1 aliphatic heterocycles. The van der Waals surface area contributed by atoms with Crippen LogP contribution in [0.25, 0.3) is 11.5 Å². The Morgan fingerprint density at radius 1 is 1.06 bits per heavy atom. The van der Waals surface area contributed by atoms with E-state index in [1.807, 2.05) is 24.3 Å². The summed E-state index contributed by atoms with van der Waals surface area (Å²) in [6.45, 7) is 6.40. The van der Waals surface area contributed by atoms with Crippen LogP contribution in [-0.2, 0) is 21.3 Å². The molecule has 0 saturated carbocycles. The molecule has 4 rings (SSSR count). The Morgan fingerprint density at radius 3 is 2.47 bits per heavy atom. The minimum atomic E-state index is -1.41. The first-order chi connectivity index (χ1) is 17.3. The highest BCUT2D eigenvalue weighted by atomic mass is 35.5. The van der Waals surface area contributed by atoms with Gasteiger partial charge in [0, 0.05) is 53.3 Å². The van der Waals surface area contributed by atoms with Crippen molar-refractivity contribution in [2.75, 3.05) is 51.1 Å². The van der Waals surface area contributed by atoms with E-state index in [0.29, 0.717) is 60.0 Å². The van der Waals surface area contributed by atoms with Crippen molar-refractivity contribution in [1.82, 2.24) is 9.88 Å². The number of aryl methyl sites for hydroxylation is 2. The largest absolute Gasteiger partial charge is 0.493 e. The molecular weight excluding hydrogens is 502 g/mol. The number of oxazole rings is 1. The SMILES string of the molecule is COc1ccc(-c2nc(CS(=O)CC(=O)N3CCN(c4cc(Cl)ccc4C)CC3)c(C)o2)cc1OC. The number of rotatable bonds is 8. The zero-order valence-corrected chi connectivity index (χ0v) is 22.4. The van der Waals surface area contributed by atoms with E-state index >= 15 is 0 Å². The van der Waals surface area contributed by atoms with Gasteiger partial charge in [-0.1, -0.05) is 17.7 Å². The number of anilines is 1. The van der Waals surface area contributed by atoms with Crippen molar-refractivity contribution >= 4 is 34.0 Å². The summed E-state index contributed by atoms with van der Waals surface area (Å²) in [7, 11) is 1.72. The van der Waals surface area contributed by atoms with Crippen LogP contribution in [0.15, 0.2) is 40.8 Å². The molecule has 10 heteroatoms. The molecule has 1 fully saturated rings. The van der Waals surface area contributed by atoms with Crippen molar-refractivity contribution in [3.8, 4) is 23.0 Å². The Labute approximate surface area is 218 Å². The molecule has 0 spiro atoms. The number of carbonyl (C=O) groups excluding carboxylic acids is 1. The van der Waals surface area contributed by atoms with E-state index in [0.717, 1.165) is 16.8 Å². The fourth-order valence-corrected chi connectivity index (χ4v) is 5.51. The van der Waals surface area contributed by atoms with Crippen LogP contribution in [0, 0.1) is 13.8 Å². The number of nitrogens with zero attached hydrogens (tertiary/aromatic N) is 3. The maximum absolute atomic E-state index is 12.8. The second-order valence-electron chi connectivity index (χ2n) is 8.62. The first kappa shape index (κ1) is 26.0. The molecule has 1 aliphatic rings. The highest BCUT2D eigenvalue weighted by Crippen LogP contribution is 2.33. The van der Waals surface area contributed by atoms with E-state index in [-0.39, 0.29) is 17.4 Å². The summed E-state index contributed by atoms with van der Waals surface area (Å²) in [6, 6.07) is 11.2. The third kappa shape index (κ3) is 5.84. The molecule has 0 aliphatic carbocycles.